The van der Waals surface area contributed by atoms with Crippen LogP contribution in [0.1, 0.15) is 58.8 Å². The summed E-state index contributed by atoms with van der Waals surface area (Å²) in [6.07, 6.45) is 4.37. The van der Waals surface area contributed by atoms with Gasteiger partial charge >= 0.3 is 11.9 Å². The van der Waals surface area contributed by atoms with Gasteiger partial charge in [-0.15, -0.1) is 0 Å². The molecule has 0 aliphatic rings. The van der Waals surface area contributed by atoms with Gasteiger partial charge in [0.25, 0.3) is 0 Å². The van der Waals surface area contributed by atoms with Crippen molar-refractivity contribution in [2.24, 2.45) is 5.92 Å². The maximum atomic E-state index is 11.2. The van der Waals surface area contributed by atoms with Crippen LogP contribution in [0.2, 0.25) is 0 Å². The molecule has 0 bridgehead atoms. The van der Waals surface area contributed by atoms with E-state index in [-0.39, 0.29) is 6.61 Å². The van der Waals surface area contributed by atoms with Crippen molar-refractivity contribution in [2.75, 3.05) is 6.61 Å². The van der Waals surface area contributed by atoms with E-state index in [2.05, 4.69) is 13.8 Å². The Morgan fingerprint density at radius 1 is 1.05 bits per heavy atom. The number of aliphatic hydroxyl groups excluding tert-OH is 1. The molecule has 0 rings (SSSR count). The first kappa shape index (κ1) is 17.9. The van der Waals surface area contributed by atoms with Gasteiger partial charge < -0.3 is 14.9 Å². The Hall–Kier alpha value is -1.10. The Morgan fingerprint density at radius 2 is 1.63 bits per heavy atom. The van der Waals surface area contributed by atoms with E-state index in [9.17, 15) is 9.59 Å². The normalized spacial score (nSPS) is 12.4. The van der Waals surface area contributed by atoms with Crippen molar-refractivity contribution in [3.05, 3.63) is 0 Å². The molecule has 0 aliphatic carbocycles. The molecule has 0 heterocycles. The van der Waals surface area contributed by atoms with E-state index in [4.69, 9.17) is 14.9 Å². The smallest absolute Gasteiger partial charge is 0.335 e. The zero-order chi connectivity index (χ0) is 14.7. The van der Waals surface area contributed by atoms with Crippen LogP contribution in [-0.2, 0) is 14.3 Å². The number of carboxylic acids is 1. The zero-order valence-corrected chi connectivity index (χ0v) is 11.9. The first-order chi connectivity index (χ1) is 8.93. The van der Waals surface area contributed by atoms with Gasteiger partial charge in [-0.1, -0.05) is 46.0 Å². The van der Waals surface area contributed by atoms with Crippen molar-refractivity contribution >= 4 is 11.9 Å². The van der Waals surface area contributed by atoms with Crippen molar-refractivity contribution in [1.82, 2.24) is 0 Å². The lowest BCUT2D eigenvalue weighted by Crippen LogP contribution is -2.26. The van der Waals surface area contributed by atoms with Crippen LogP contribution < -0.4 is 0 Å². The largest absolute Gasteiger partial charge is 0.481 e. The number of hydrogen-bond donors (Lipinski definition) is 2. The molecule has 0 saturated heterocycles. The van der Waals surface area contributed by atoms with E-state index in [0.29, 0.717) is 0 Å². The first-order valence-electron chi connectivity index (χ1n) is 7.00. The minimum atomic E-state index is -1.55. The summed E-state index contributed by atoms with van der Waals surface area (Å²) in [5.74, 6) is -1.31. The predicted molar refractivity (Wildman–Crippen MR) is 71.8 cm³/mol. The molecule has 1 unspecified atom stereocenters. The molecule has 5 heteroatoms. The van der Waals surface area contributed by atoms with Gasteiger partial charge in [0.2, 0.25) is 0 Å². The number of ether oxygens (including phenoxy) is 1. The monoisotopic (exact) mass is 274 g/mol. The van der Waals surface area contributed by atoms with Gasteiger partial charge in [-0.2, -0.15) is 0 Å². The lowest BCUT2D eigenvalue weighted by molar-refractivity contribution is -0.158. The van der Waals surface area contributed by atoms with Crippen LogP contribution in [0.4, 0.5) is 0 Å². The number of aliphatic hydroxyl groups is 1. The van der Waals surface area contributed by atoms with Crippen LogP contribution in [0, 0.1) is 5.92 Å². The molecule has 0 aromatic carbocycles. The Morgan fingerprint density at radius 3 is 2.21 bits per heavy atom. The van der Waals surface area contributed by atoms with Crippen molar-refractivity contribution < 1.29 is 24.5 Å². The maximum Gasteiger partial charge on any atom is 0.335 e. The number of carbonyl (C=O) groups is 2. The molecule has 19 heavy (non-hydrogen) atoms. The van der Waals surface area contributed by atoms with E-state index in [1.165, 1.54) is 19.3 Å². The van der Waals surface area contributed by atoms with Gasteiger partial charge in [0.1, 0.15) is 0 Å². The highest BCUT2D eigenvalue weighted by molar-refractivity contribution is 5.80. The molecule has 0 spiro atoms. The SMILES string of the molecule is CC(C)CCCCCCCOC(=O)C(O)CC(=O)O. The van der Waals surface area contributed by atoms with Crippen LogP contribution in [0.3, 0.4) is 0 Å². The first-order valence-corrected chi connectivity index (χ1v) is 7.00. The molecule has 5 nitrogen and oxygen atoms in total. The number of carboxylic acid groups (broad SMARTS) is 1. The fraction of sp³-hybridized carbons (Fsp3) is 0.857. The molecule has 0 amide bonds. The number of aliphatic carboxylic acids is 1. The molecule has 0 aliphatic heterocycles. The van der Waals surface area contributed by atoms with Crippen LogP contribution in [0.5, 0.6) is 0 Å². The Bertz CT molecular complexity index is 263. The molecule has 2 N–H and O–H groups in total. The maximum absolute atomic E-state index is 11.2. The number of hydrogen-bond acceptors (Lipinski definition) is 4. The lowest BCUT2D eigenvalue weighted by Gasteiger charge is -2.08. The van der Waals surface area contributed by atoms with E-state index >= 15 is 0 Å². The molecular weight excluding hydrogens is 248 g/mol. The van der Waals surface area contributed by atoms with E-state index in [1.54, 1.807) is 0 Å². The van der Waals surface area contributed by atoms with Gasteiger partial charge in [0.15, 0.2) is 6.10 Å². The second-order valence-electron chi connectivity index (χ2n) is 5.23. The van der Waals surface area contributed by atoms with Crippen LogP contribution in [-0.4, -0.2) is 34.9 Å². The molecular formula is C14H26O5. The van der Waals surface area contributed by atoms with Crippen LogP contribution in [0.25, 0.3) is 0 Å². The van der Waals surface area contributed by atoms with Crippen molar-refractivity contribution in [3.8, 4) is 0 Å². The predicted octanol–water partition coefficient (Wildman–Crippen LogP) is 2.36. The Labute approximate surface area is 115 Å². The van der Waals surface area contributed by atoms with Gasteiger partial charge in [-0.05, 0) is 12.3 Å². The summed E-state index contributed by atoms with van der Waals surface area (Å²) in [7, 11) is 0. The molecule has 0 radical (unpaired) electrons. The average molecular weight is 274 g/mol. The minimum absolute atomic E-state index is 0.250. The highest BCUT2D eigenvalue weighted by Gasteiger charge is 2.19. The zero-order valence-electron chi connectivity index (χ0n) is 11.9. The highest BCUT2D eigenvalue weighted by atomic mass is 16.5. The summed E-state index contributed by atoms with van der Waals surface area (Å²) < 4.78 is 4.80. The highest BCUT2D eigenvalue weighted by Crippen LogP contribution is 2.10. The standard InChI is InChI=1S/C14H26O5/c1-11(2)8-6-4-3-5-7-9-19-14(18)12(15)10-13(16)17/h11-12,15H,3-10H2,1-2H3,(H,16,17). The number of esters is 1. The summed E-state index contributed by atoms with van der Waals surface area (Å²) in [6.45, 7) is 4.67. The average Bonchev–Trinajstić information content (AvgIpc) is 2.30. The summed E-state index contributed by atoms with van der Waals surface area (Å²) >= 11 is 0. The second-order valence-corrected chi connectivity index (χ2v) is 5.23. The molecule has 112 valence electrons. The third kappa shape index (κ3) is 11.7. The summed E-state index contributed by atoms with van der Waals surface area (Å²) in [4.78, 5) is 21.4. The van der Waals surface area contributed by atoms with E-state index in [0.717, 1.165) is 25.2 Å². The minimum Gasteiger partial charge on any atom is -0.481 e. The topological polar surface area (TPSA) is 83.8 Å². The van der Waals surface area contributed by atoms with Crippen LogP contribution in [0.15, 0.2) is 0 Å². The van der Waals surface area contributed by atoms with Gasteiger partial charge in [-0.3, -0.25) is 4.79 Å². The summed E-state index contributed by atoms with van der Waals surface area (Å²) in [6, 6.07) is 0. The Kier molecular flexibility index (Phi) is 10.2. The number of carbonyl (C=O) groups excluding carboxylic acids is 1. The van der Waals surface area contributed by atoms with Crippen molar-refractivity contribution in [1.29, 1.82) is 0 Å². The Balaban J connectivity index is 3.39. The van der Waals surface area contributed by atoms with Crippen molar-refractivity contribution in [3.63, 3.8) is 0 Å². The van der Waals surface area contributed by atoms with Gasteiger partial charge in [0.05, 0.1) is 13.0 Å². The molecule has 1 atom stereocenters. The summed E-state index contributed by atoms with van der Waals surface area (Å²) in [5.41, 5.74) is 0. The lowest BCUT2D eigenvalue weighted by atomic mass is 10.0. The van der Waals surface area contributed by atoms with Gasteiger partial charge in [0, 0.05) is 0 Å². The third-order valence-electron chi connectivity index (χ3n) is 2.81. The van der Waals surface area contributed by atoms with Gasteiger partial charge in [-0.25, -0.2) is 4.79 Å². The molecule has 0 aromatic heterocycles. The molecule has 0 aromatic rings. The quantitative estimate of drug-likeness (QED) is 0.446. The number of rotatable bonds is 11. The fourth-order valence-electron chi connectivity index (χ4n) is 1.70. The van der Waals surface area contributed by atoms with E-state index < -0.39 is 24.5 Å². The van der Waals surface area contributed by atoms with Crippen molar-refractivity contribution in [2.45, 2.75) is 64.9 Å². The van der Waals surface area contributed by atoms with Crippen LogP contribution >= 0.6 is 0 Å². The molecule has 0 saturated carbocycles. The third-order valence-corrected chi connectivity index (χ3v) is 2.81. The number of unbranched alkanes of at least 4 members (excludes halogenated alkanes) is 4. The van der Waals surface area contributed by atoms with E-state index in [1.807, 2.05) is 0 Å². The molecule has 0 fully saturated rings. The summed E-state index contributed by atoms with van der Waals surface area (Å²) in [5, 5.41) is 17.6. The second kappa shape index (κ2) is 10.8. The fourth-order valence-corrected chi connectivity index (χ4v) is 1.70.